The number of nitrogens with zero attached hydrogens (tertiary/aromatic N) is 3. The number of β-amino-alcohol motifs (C(OH)–C–C–N with tert-alkyl or cyclic N) is 1. The van der Waals surface area contributed by atoms with Crippen LogP contribution in [0.1, 0.15) is 40.0 Å². The molecule has 0 aromatic rings. The molecule has 1 aliphatic heterocycles. The maximum atomic E-state index is 9.90. The van der Waals surface area contributed by atoms with E-state index in [0.717, 1.165) is 45.1 Å². The summed E-state index contributed by atoms with van der Waals surface area (Å²) in [5.74, 6) is 0.964. The van der Waals surface area contributed by atoms with E-state index in [1.165, 1.54) is 12.8 Å². The lowest BCUT2D eigenvalue weighted by Crippen LogP contribution is -2.55. The number of nitriles is 1. The second-order valence-electron chi connectivity index (χ2n) is 7.35. The Hall–Kier alpha value is -0.630. The summed E-state index contributed by atoms with van der Waals surface area (Å²) in [6, 6.07) is 2.98. The zero-order chi connectivity index (χ0) is 14.8. The van der Waals surface area contributed by atoms with Crippen LogP contribution in [0.3, 0.4) is 0 Å². The van der Waals surface area contributed by atoms with Crippen molar-refractivity contribution in [1.29, 1.82) is 5.26 Å². The third-order valence-corrected chi connectivity index (χ3v) is 4.73. The highest BCUT2D eigenvalue weighted by atomic mass is 16.3. The van der Waals surface area contributed by atoms with Crippen molar-refractivity contribution < 1.29 is 5.11 Å². The van der Waals surface area contributed by atoms with Crippen LogP contribution < -0.4 is 0 Å². The van der Waals surface area contributed by atoms with Crippen LogP contribution in [0.5, 0.6) is 0 Å². The van der Waals surface area contributed by atoms with Gasteiger partial charge in [0.2, 0.25) is 0 Å². The van der Waals surface area contributed by atoms with Crippen molar-refractivity contribution >= 4 is 0 Å². The molecule has 0 amide bonds. The third-order valence-electron chi connectivity index (χ3n) is 4.73. The average molecular weight is 279 g/mol. The predicted molar refractivity (Wildman–Crippen MR) is 80.2 cm³/mol. The van der Waals surface area contributed by atoms with Crippen molar-refractivity contribution in [3.05, 3.63) is 0 Å². The van der Waals surface area contributed by atoms with Crippen LogP contribution in [0.15, 0.2) is 0 Å². The molecule has 3 unspecified atom stereocenters. The molecule has 114 valence electrons. The summed E-state index contributed by atoms with van der Waals surface area (Å²) in [7, 11) is 0. The van der Waals surface area contributed by atoms with E-state index in [1.807, 2.05) is 13.8 Å². The Bertz CT molecular complexity index is 350. The summed E-state index contributed by atoms with van der Waals surface area (Å²) in [4.78, 5) is 4.86. The fourth-order valence-corrected chi connectivity index (χ4v) is 3.71. The summed E-state index contributed by atoms with van der Waals surface area (Å²) < 4.78 is 0. The first-order chi connectivity index (χ1) is 9.39. The van der Waals surface area contributed by atoms with Crippen molar-refractivity contribution in [1.82, 2.24) is 9.80 Å². The zero-order valence-corrected chi connectivity index (χ0v) is 13.2. The maximum Gasteiger partial charge on any atom is 0.0718 e. The van der Waals surface area contributed by atoms with Crippen LogP contribution in [-0.2, 0) is 0 Å². The van der Waals surface area contributed by atoms with E-state index in [2.05, 4.69) is 22.8 Å². The summed E-state index contributed by atoms with van der Waals surface area (Å²) in [6.45, 7) is 10.9. The highest BCUT2D eigenvalue weighted by Gasteiger charge is 2.34. The minimum absolute atomic E-state index is 0.215. The van der Waals surface area contributed by atoms with Gasteiger partial charge in [-0.1, -0.05) is 6.92 Å². The molecule has 0 spiro atoms. The summed E-state index contributed by atoms with van der Waals surface area (Å²) in [5, 5.41) is 19.3. The van der Waals surface area contributed by atoms with Crippen molar-refractivity contribution in [2.45, 2.75) is 51.7 Å². The van der Waals surface area contributed by atoms with E-state index in [1.54, 1.807) is 0 Å². The van der Waals surface area contributed by atoms with Gasteiger partial charge in [0, 0.05) is 38.8 Å². The van der Waals surface area contributed by atoms with Gasteiger partial charge in [-0.05, 0) is 39.0 Å². The molecule has 3 atom stereocenters. The van der Waals surface area contributed by atoms with E-state index in [4.69, 9.17) is 0 Å². The van der Waals surface area contributed by atoms with Crippen molar-refractivity contribution in [2.24, 2.45) is 11.8 Å². The van der Waals surface area contributed by atoms with Crippen molar-refractivity contribution in [3.63, 3.8) is 0 Å². The Kier molecular flexibility index (Phi) is 5.06. The standard InChI is InChI=1S/C16H29N3O/c1-13-4-5-14(11-17)15(10-13)19-8-6-18(7-9-19)12-16(2,3)20/h13-15,20H,4-10,12H2,1-3H3. The predicted octanol–water partition coefficient (Wildman–Crippen LogP) is 1.70. The van der Waals surface area contributed by atoms with Gasteiger partial charge in [-0.25, -0.2) is 0 Å². The molecule has 0 aromatic heterocycles. The monoisotopic (exact) mass is 279 g/mol. The number of piperazine rings is 1. The van der Waals surface area contributed by atoms with Gasteiger partial charge in [-0.2, -0.15) is 5.26 Å². The minimum Gasteiger partial charge on any atom is -0.389 e. The van der Waals surface area contributed by atoms with Crippen LogP contribution >= 0.6 is 0 Å². The fourth-order valence-electron chi connectivity index (χ4n) is 3.71. The lowest BCUT2D eigenvalue weighted by molar-refractivity contribution is 0.000655. The van der Waals surface area contributed by atoms with Gasteiger partial charge in [0.05, 0.1) is 17.6 Å². The highest BCUT2D eigenvalue weighted by molar-refractivity contribution is 4.98. The fraction of sp³-hybridized carbons (Fsp3) is 0.938. The van der Waals surface area contributed by atoms with E-state index >= 15 is 0 Å². The normalized spacial score (nSPS) is 33.9. The molecular weight excluding hydrogens is 250 g/mol. The first-order valence-corrected chi connectivity index (χ1v) is 7.97. The molecule has 0 aromatic carbocycles. The Labute approximate surface area is 123 Å². The molecule has 1 saturated heterocycles. The summed E-state index contributed by atoms with van der Waals surface area (Å²) >= 11 is 0. The van der Waals surface area contributed by atoms with E-state index < -0.39 is 5.60 Å². The second-order valence-corrected chi connectivity index (χ2v) is 7.35. The number of hydrogen-bond donors (Lipinski definition) is 1. The minimum atomic E-state index is -0.614. The molecule has 1 saturated carbocycles. The van der Waals surface area contributed by atoms with Crippen molar-refractivity contribution in [2.75, 3.05) is 32.7 Å². The van der Waals surface area contributed by atoms with E-state index in [-0.39, 0.29) is 5.92 Å². The van der Waals surface area contributed by atoms with Crippen LogP contribution in [0.2, 0.25) is 0 Å². The first-order valence-electron chi connectivity index (χ1n) is 7.97. The number of rotatable bonds is 3. The topological polar surface area (TPSA) is 50.5 Å². The molecule has 2 aliphatic rings. The van der Waals surface area contributed by atoms with Crippen LogP contribution in [-0.4, -0.2) is 59.3 Å². The van der Waals surface area contributed by atoms with Gasteiger partial charge in [0.15, 0.2) is 0 Å². The molecule has 4 heteroatoms. The van der Waals surface area contributed by atoms with E-state index in [9.17, 15) is 10.4 Å². The van der Waals surface area contributed by atoms with Crippen LogP contribution in [0.25, 0.3) is 0 Å². The molecule has 2 fully saturated rings. The molecule has 1 heterocycles. The number of hydrogen-bond acceptors (Lipinski definition) is 4. The molecule has 4 nitrogen and oxygen atoms in total. The van der Waals surface area contributed by atoms with E-state index in [0.29, 0.717) is 6.04 Å². The third kappa shape index (κ3) is 4.18. The van der Waals surface area contributed by atoms with Gasteiger partial charge < -0.3 is 5.11 Å². The molecule has 1 aliphatic carbocycles. The molecule has 0 radical (unpaired) electrons. The Balaban J connectivity index is 1.87. The Morgan fingerprint density at radius 1 is 1.20 bits per heavy atom. The van der Waals surface area contributed by atoms with Gasteiger partial charge in [-0.3, -0.25) is 9.80 Å². The second kappa shape index (κ2) is 6.43. The Morgan fingerprint density at radius 3 is 2.40 bits per heavy atom. The first kappa shape index (κ1) is 15.8. The molecule has 20 heavy (non-hydrogen) atoms. The van der Waals surface area contributed by atoms with Gasteiger partial charge in [0.25, 0.3) is 0 Å². The molecule has 0 bridgehead atoms. The van der Waals surface area contributed by atoms with Crippen LogP contribution in [0.4, 0.5) is 0 Å². The Morgan fingerprint density at radius 2 is 1.85 bits per heavy atom. The van der Waals surface area contributed by atoms with Crippen molar-refractivity contribution in [3.8, 4) is 6.07 Å². The average Bonchev–Trinajstić information content (AvgIpc) is 2.38. The zero-order valence-electron chi connectivity index (χ0n) is 13.2. The summed E-state index contributed by atoms with van der Waals surface area (Å²) in [6.07, 6.45) is 3.43. The smallest absolute Gasteiger partial charge is 0.0718 e. The number of aliphatic hydroxyl groups is 1. The molecular formula is C16H29N3O. The largest absolute Gasteiger partial charge is 0.389 e. The lowest BCUT2D eigenvalue weighted by atomic mass is 9.79. The molecule has 2 rings (SSSR count). The summed E-state index contributed by atoms with van der Waals surface area (Å²) in [5.41, 5.74) is -0.614. The maximum absolute atomic E-state index is 9.90. The van der Waals surface area contributed by atoms with Gasteiger partial charge >= 0.3 is 0 Å². The quantitative estimate of drug-likeness (QED) is 0.854. The SMILES string of the molecule is CC1CCC(C#N)C(N2CCN(CC(C)(C)O)CC2)C1. The highest BCUT2D eigenvalue weighted by Crippen LogP contribution is 2.32. The van der Waals surface area contributed by atoms with Gasteiger partial charge in [0.1, 0.15) is 0 Å². The van der Waals surface area contributed by atoms with Gasteiger partial charge in [-0.15, -0.1) is 0 Å². The lowest BCUT2D eigenvalue weighted by Gasteiger charge is -2.44. The van der Waals surface area contributed by atoms with Crippen LogP contribution in [0, 0.1) is 23.2 Å². The molecule has 1 N–H and O–H groups in total.